The van der Waals surface area contributed by atoms with Gasteiger partial charge in [0.25, 0.3) is 0 Å². The summed E-state index contributed by atoms with van der Waals surface area (Å²) in [5, 5.41) is 12.9. The molecule has 172 valence electrons. The van der Waals surface area contributed by atoms with Crippen LogP contribution in [0.25, 0.3) is 0 Å². The van der Waals surface area contributed by atoms with Crippen molar-refractivity contribution in [3.8, 4) is 17.2 Å². The highest BCUT2D eigenvalue weighted by atomic mass is 16.5. The molecule has 0 amide bonds. The summed E-state index contributed by atoms with van der Waals surface area (Å²) < 4.78 is 17.5. The minimum atomic E-state index is -0.933. The molecule has 0 radical (unpaired) electrons. The van der Waals surface area contributed by atoms with Crippen LogP contribution in [0, 0.1) is 0 Å². The van der Waals surface area contributed by atoms with Crippen LogP contribution < -0.4 is 14.8 Å². The minimum absolute atomic E-state index is 0.336. The van der Waals surface area contributed by atoms with Crippen LogP contribution in [0.2, 0.25) is 0 Å². The Labute approximate surface area is 194 Å². The van der Waals surface area contributed by atoms with E-state index in [9.17, 15) is 9.90 Å². The number of ether oxygens (including phenoxy) is 3. The number of hydrogen-bond donors (Lipinski definition) is 2. The second-order valence-electron chi connectivity index (χ2n) is 8.01. The Bertz CT molecular complexity index is 1080. The zero-order chi connectivity index (χ0) is 23.0. The fraction of sp³-hybridized carbons (Fsp3) is 0.296. The maximum Gasteiger partial charge on any atom is 0.333 e. The van der Waals surface area contributed by atoms with Gasteiger partial charge in [0.05, 0.1) is 18.0 Å². The highest BCUT2D eigenvalue weighted by Gasteiger charge is 2.19. The molecule has 0 aliphatic carbocycles. The predicted molar refractivity (Wildman–Crippen MR) is 128 cm³/mol. The van der Waals surface area contributed by atoms with Crippen LogP contribution in [-0.2, 0) is 22.4 Å². The molecule has 0 saturated heterocycles. The second kappa shape index (κ2) is 10.9. The van der Waals surface area contributed by atoms with Crippen LogP contribution in [0.5, 0.6) is 17.2 Å². The van der Waals surface area contributed by atoms with Crippen LogP contribution in [-0.4, -0.2) is 30.4 Å². The van der Waals surface area contributed by atoms with E-state index < -0.39 is 12.1 Å². The van der Waals surface area contributed by atoms with Crippen LogP contribution in [0.1, 0.15) is 30.9 Å². The Hall–Kier alpha value is -3.51. The number of carboxylic acids is 1. The number of rotatable bonds is 11. The Kier molecular flexibility index (Phi) is 7.47. The van der Waals surface area contributed by atoms with E-state index in [-0.39, 0.29) is 0 Å². The molecule has 1 aliphatic heterocycles. The summed E-state index contributed by atoms with van der Waals surface area (Å²) in [6, 6.07) is 21.4. The minimum Gasteiger partial charge on any atom is -0.493 e. The first kappa shape index (κ1) is 22.7. The summed E-state index contributed by atoms with van der Waals surface area (Å²) in [4.78, 5) is 11.4. The second-order valence-corrected chi connectivity index (χ2v) is 8.01. The summed E-state index contributed by atoms with van der Waals surface area (Å²) in [6.07, 6.45) is 2.06. The van der Waals surface area contributed by atoms with Crippen LogP contribution in [0.3, 0.4) is 0 Å². The third-order valence-corrected chi connectivity index (χ3v) is 5.56. The molecule has 1 heterocycles. The van der Waals surface area contributed by atoms with Gasteiger partial charge in [-0.2, -0.15) is 0 Å². The fourth-order valence-corrected chi connectivity index (χ4v) is 3.73. The van der Waals surface area contributed by atoms with Crippen molar-refractivity contribution in [3.63, 3.8) is 0 Å². The van der Waals surface area contributed by atoms with Crippen LogP contribution >= 0.6 is 0 Å². The predicted octanol–water partition coefficient (Wildman–Crippen LogP) is 5.97. The first-order chi connectivity index (χ1) is 16.1. The van der Waals surface area contributed by atoms with Crippen molar-refractivity contribution in [3.05, 3.63) is 77.9 Å². The van der Waals surface area contributed by atoms with E-state index in [0.717, 1.165) is 59.0 Å². The molecule has 1 aliphatic rings. The first-order valence-electron chi connectivity index (χ1n) is 11.4. The van der Waals surface area contributed by atoms with Gasteiger partial charge in [0.15, 0.2) is 17.6 Å². The number of fused-ring (bicyclic) bond motifs is 2. The molecule has 3 aromatic carbocycles. The zero-order valence-corrected chi connectivity index (χ0v) is 18.8. The lowest BCUT2D eigenvalue weighted by Gasteiger charge is -2.24. The molecule has 0 saturated carbocycles. The summed E-state index contributed by atoms with van der Waals surface area (Å²) in [7, 11) is 0. The Balaban J connectivity index is 1.32. The van der Waals surface area contributed by atoms with E-state index >= 15 is 0 Å². The van der Waals surface area contributed by atoms with Crippen molar-refractivity contribution in [2.75, 3.05) is 18.5 Å². The van der Waals surface area contributed by atoms with E-state index in [1.165, 1.54) is 0 Å². The number of para-hydroxylation sites is 3. The molecule has 2 N–H and O–H groups in total. The SMILES string of the molecule is CCCCOC(Cc1ccc(OCCc2cccc3c2Nc2ccccc2O3)cc1)C(=O)O. The van der Waals surface area contributed by atoms with Crippen molar-refractivity contribution < 1.29 is 24.1 Å². The number of hydrogen-bond acceptors (Lipinski definition) is 5. The molecule has 3 aromatic rings. The lowest BCUT2D eigenvalue weighted by atomic mass is 10.1. The van der Waals surface area contributed by atoms with E-state index in [2.05, 4.69) is 11.4 Å². The highest BCUT2D eigenvalue weighted by molar-refractivity contribution is 5.77. The zero-order valence-electron chi connectivity index (χ0n) is 18.8. The van der Waals surface area contributed by atoms with E-state index in [1.807, 2.05) is 67.6 Å². The standard InChI is InChI=1S/C27H29NO5/c1-2-3-16-32-25(27(29)30)18-19-11-13-21(14-12-19)31-17-15-20-7-6-10-24-26(20)28-22-8-4-5-9-23(22)33-24/h4-14,25,28H,2-3,15-18H2,1H3,(H,29,30). The van der Waals surface area contributed by atoms with E-state index in [0.29, 0.717) is 19.6 Å². The van der Waals surface area contributed by atoms with Crippen molar-refractivity contribution in [2.24, 2.45) is 0 Å². The summed E-state index contributed by atoms with van der Waals surface area (Å²) in [5.74, 6) is 1.44. The summed E-state index contributed by atoms with van der Waals surface area (Å²) >= 11 is 0. The molecule has 0 spiro atoms. The molecule has 1 atom stereocenters. The number of carbonyl (C=O) groups is 1. The van der Waals surface area contributed by atoms with Crippen molar-refractivity contribution in [1.82, 2.24) is 0 Å². The molecular formula is C27H29NO5. The number of nitrogens with one attached hydrogen (secondary N) is 1. The molecule has 1 unspecified atom stereocenters. The monoisotopic (exact) mass is 447 g/mol. The fourth-order valence-electron chi connectivity index (χ4n) is 3.73. The van der Waals surface area contributed by atoms with Crippen LogP contribution in [0.4, 0.5) is 11.4 Å². The highest BCUT2D eigenvalue weighted by Crippen LogP contribution is 2.43. The van der Waals surface area contributed by atoms with Crippen molar-refractivity contribution >= 4 is 17.3 Å². The van der Waals surface area contributed by atoms with Crippen molar-refractivity contribution in [1.29, 1.82) is 0 Å². The van der Waals surface area contributed by atoms with E-state index in [1.54, 1.807) is 0 Å². The average molecular weight is 448 g/mol. The first-order valence-corrected chi connectivity index (χ1v) is 11.4. The van der Waals surface area contributed by atoms with Gasteiger partial charge in [0, 0.05) is 19.4 Å². The number of unbranched alkanes of at least 4 members (excludes halogenated alkanes) is 1. The third-order valence-electron chi connectivity index (χ3n) is 5.56. The lowest BCUT2D eigenvalue weighted by molar-refractivity contribution is -0.150. The van der Waals surface area contributed by atoms with Gasteiger partial charge >= 0.3 is 5.97 Å². The smallest absolute Gasteiger partial charge is 0.333 e. The van der Waals surface area contributed by atoms with E-state index in [4.69, 9.17) is 14.2 Å². The van der Waals surface area contributed by atoms with Gasteiger partial charge in [-0.25, -0.2) is 4.79 Å². The maximum absolute atomic E-state index is 11.4. The quantitative estimate of drug-likeness (QED) is 0.276. The molecule has 33 heavy (non-hydrogen) atoms. The number of benzene rings is 3. The summed E-state index contributed by atoms with van der Waals surface area (Å²) in [5.41, 5.74) is 3.95. The molecule has 0 aromatic heterocycles. The maximum atomic E-state index is 11.4. The number of carboxylic acid groups (broad SMARTS) is 1. The Morgan fingerprint density at radius 1 is 1.00 bits per heavy atom. The molecule has 0 fully saturated rings. The van der Waals surface area contributed by atoms with Gasteiger partial charge in [-0.1, -0.05) is 49.7 Å². The number of anilines is 2. The molecular weight excluding hydrogens is 418 g/mol. The Morgan fingerprint density at radius 2 is 1.79 bits per heavy atom. The third kappa shape index (κ3) is 5.84. The molecule has 6 nitrogen and oxygen atoms in total. The average Bonchev–Trinajstić information content (AvgIpc) is 2.83. The molecule has 4 rings (SSSR count). The van der Waals surface area contributed by atoms with Gasteiger partial charge in [0.1, 0.15) is 5.75 Å². The van der Waals surface area contributed by atoms with Gasteiger partial charge < -0.3 is 24.6 Å². The van der Waals surface area contributed by atoms with Crippen molar-refractivity contribution in [2.45, 2.75) is 38.7 Å². The normalized spacial score (nSPS) is 12.6. The number of aliphatic carboxylic acids is 1. The topological polar surface area (TPSA) is 77.0 Å². The lowest BCUT2D eigenvalue weighted by Crippen LogP contribution is -2.26. The molecule has 0 bridgehead atoms. The Morgan fingerprint density at radius 3 is 2.58 bits per heavy atom. The largest absolute Gasteiger partial charge is 0.493 e. The van der Waals surface area contributed by atoms with Gasteiger partial charge in [-0.3, -0.25) is 0 Å². The van der Waals surface area contributed by atoms with Crippen LogP contribution in [0.15, 0.2) is 66.7 Å². The van der Waals surface area contributed by atoms with Gasteiger partial charge in [-0.05, 0) is 47.9 Å². The van der Waals surface area contributed by atoms with Gasteiger partial charge in [-0.15, -0.1) is 0 Å². The summed E-state index contributed by atoms with van der Waals surface area (Å²) in [6.45, 7) is 3.02. The van der Waals surface area contributed by atoms with Gasteiger partial charge in [0.2, 0.25) is 0 Å². The molecule has 6 heteroatoms.